The molecule has 13 aromatic rings. The maximum atomic E-state index is 10.6. The standard InChI is InChI=1S/C71H45NS/c1-3-18-46(19-4-1)51-42-52(47-20-5-2-6-21-47)44-54(43-51)72(66-32-17-31-65-70(66)61-27-11-15-30-64(61)71(65)62-28-13-9-24-57(62)58-25-10-14-29-63(58)71)53-38-34-49(35-39-53)56-40-36-48-22-7-8-23-55(48)69(56)50-37-41-60-59-26-12-16-33-67(59)73-68(60)45-50/h1-45H/i1D,2D,3D,4D,5D,6D,7D,8D,9D,10D,11D,12D,13D,14D,15D,16D,17D,18D,19D,20D,21D,22D,23D,24D,25D,26D,27D,28D,29D,30D,31D,32D,33D,34D,35D,36D,37D,38D,39D,40D,41D,42D,43D,44D,45D. The molecule has 0 amide bonds. The number of benzene rings is 12. The summed E-state index contributed by atoms with van der Waals surface area (Å²) in [5.74, 6) is 0. The molecule has 1 heterocycles. The van der Waals surface area contributed by atoms with Crippen LogP contribution in [-0.4, -0.2) is 0 Å². The molecule has 0 saturated heterocycles. The number of hydrogen-bond acceptors (Lipinski definition) is 2. The van der Waals surface area contributed by atoms with Crippen LogP contribution in [0, 0.1) is 0 Å². The highest BCUT2D eigenvalue weighted by molar-refractivity contribution is 7.25. The number of thiophene rings is 1. The van der Waals surface area contributed by atoms with Crippen molar-refractivity contribution in [1.29, 1.82) is 0 Å². The highest BCUT2D eigenvalue weighted by atomic mass is 32.1. The Morgan fingerprint density at radius 3 is 1.55 bits per heavy atom. The molecule has 1 spiro atoms. The Balaban J connectivity index is 1.23. The summed E-state index contributed by atoms with van der Waals surface area (Å²) in [6.45, 7) is 0. The normalized spacial score (nSPS) is 21.4. The van der Waals surface area contributed by atoms with E-state index in [1.54, 1.807) is 0 Å². The van der Waals surface area contributed by atoms with Crippen molar-refractivity contribution in [3.8, 4) is 66.8 Å². The summed E-state index contributed by atoms with van der Waals surface area (Å²) in [4.78, 5) is 0.152. The van der Waals surface area contributed by atoms with Crippen LogP contribution in [-0.2, 0) is 5.41 Å². The van der Waals surface area contributed by atoms with Gasteiger partial charge in [0.1, 0.15) is 0 Å². The predicted molar refractivity (Wildman–Crippen MR) is 310 cm³/mol. The van der Waals surface area contributed by atoms with Gasteiger partial charge in [-0.2, -0.15) is 0 Å². The van der Waals surface area contributed by atoms with Gasteiger partial charge in [0.25, 0.3) is 0 Å². The van der Waals surface area contributed by atoms with E-state index in [1.165, 1.54) is 0 Å². The summed E-state index contributed by atoms with van der Waals surface area (Å²) in [6.07, 6.45) is 0. The van der Waals surface area contributed by atoms with Crippen molar-refractivity contribution in [2.75, 3.05) is 4.90 Å². The summed E-state index contributed by atoms with van der Waals surface area (Å²) < 4.78 is 429. The van der Waals surface area contributed by atoms with Crippen molar-refractivity contribution < 1.29 is 61.7 Å². The molecule has 0 fully saturated rings. The van der Waals surface area contributed by atoms with Gasteiger partial charge in [0.15, 0.2) is 0 Å². The largest absolute Gasteiger partial charge is 0.310 e. The molecule has 0 bridgehead atoms. The average Bonchev–Trinajstić information content (AvgIpc) is 1.47. The van der Waals surface area contributed by atoms with E-state index < -0.39 is 404 Å². The quantitative estimate of drug-likeness (QED) is 0.154. The fourth-order valence-corrected chi connectivity index (χ4v) is 10.4. The lowest BCUT2D eigenvalue weighted by molar-refractivity contribution is 0.794. The molecule has 1 aromatic heterocycles. The van der Waals surface area contributed by atoms with Gasteiger partial charge < -0.3 is 4.90 Å². The number of rotatable bonds is 7. The fourth-order valence-electron chi connectivity index (χ4n) is 9.39. The van der Waals surface area contributed by atoms with Gasteiger partial charge in [0.05, 0.1) is 72.8 Å². The van der Waals surface area contributed by atoms with Crippen molar-refractivity contribution in [1.82, 2.24) is 0 Å². The Kier molecular flexibility index (Phi) is 3.79. The summed E-state index contributed by atoms with van der Waals surface area (Å²) in [5, 5.41) is -2.56. The molecular weight excluding hydrogens is 899 g/mol. The zero-order chi connectivity index (χ0) is 87.2. The first-order chi connectivity index (χ1) is 55.0. The molecule has 0 radical (unpaired) electrons. The molecule has 0 saturated carbocycles. The average molecular weight is 989 g/mol. The summed E-state index contributed by atoms with van der Waals surface area (Å²) in [6, 6.07) is -54.8. The van der Waals surface area contributed by atoms with Gasteiger partial charge in [0.2, 0.25) is 0 Å². The first-order valence-corrected chi connectivity index (χ1v) is 22.4. The van der Waals surface area contributed by atoms with E-state index in [0.717, 1.165) is 0 Å². The fraction of sp³-hybridized carbons (Fsp3) is 0.0141. The van der Waals surface area contributed by atoms with E-state index in [2.05, 4.69) is 0 Å². The van der Waals surface area contributed by atoms with E-state index in [9.17, 15) is 42.5 Å². The summed E-state index contributed by atoms with van der Waals surface area (Å²) in [7, 11) is 0. The maximum absolute atomic E-state index is 10.6. The van der Waals surface area contributed by atoms with Crippen molar-refractivity contribution in [2.45, 2.75) is 5.41 Å². The SMILES string of the molecule is [2H]c1c([2H])c([2H])c(-c2c([2H])c(-c3c([2H])c([2H])c([2H])c([2H])c3[2H])c([2H])c(N(c3c([2H])c([2H])c(-c4c([2H])c([2H])c5c([2H])c([2H])c([2H])c([2H])c5c4-c4c([2H])c([2H])c5c(sc6c([2H])c([2H])c([2H])c([2H])c65)c4[2H])c([2H])c3[2H])c3c([2H])c([2H])c([2H])c4c3-c3c([2H])c([2H])c([2H])c([2H])c3C43c4c([2H])c([2H])c([2H])c([2H])c4-c4c([2H])c([2H])c([2H])c([2H])c43)c2[2H])c([2H])c1[2H]. The third-order valence-corrected chi connectivity index (χ3v) is 13.3. The van der Waals surface area contributed by atoms with E-state index in [4.69, 9.17) is 19.2 Å². The Bertz CT molecular complexity index is 6810. The zero-order valence-corrected chi connectivity index (χ0v) is 37.2. The number of fused-ring (bicyclic) bond motifs is 14. The van der Waals surface area contributed by atoms with Crippen molar-refractivity contribution in [3.05, 3.63) is 294 Å². The molecule has 12 aromatic carbocycles. The monoisotopic (exact) mass is 989 g/mol. The van der Waals surface area contributed by atoms with E-state index in [1.807, 2.05) is 0 Å². The molecule has 0 aliphatic heterocycles. The van der Waals surface area contributed by atoms with E-state index in [0.29, 0.717) is 11.3 Å². The molecule has 1 nitrogen and oxygen atoms in total. The molecule has 2 aliphatic rings. The minimum atomic E-state index is -3.29. The first-order valence-electron chi connectivity index (χ1n) is 44.1. The first kappa shape index (κ1) is 16.7. The van der Waals surface area contributed by atoms with Crippen LogP contribution in [0.4, 0.5) is 17.1 Å². The molecule has 15 rings (SSSR count). The van der Waals surface area contributed by atoms with Gasteiger partial charge in [0, 0.05) is 37.1 Å². The lowest BCUT2D eigenvalue weighted by atomic mass is 9.70. The van der Waals surface area contributed by atoms with Gasteiger partial charge in [-0.1, -0.05) is 224 Å². The summed E-state index contributed by atoms with van der Waals surface area (Å²) in [5.41, 5.74) is -25.1. The van der Waals surface area contributed by atoms with Crippen LogP contribution in [0.25, 0.3) is 97.7 Å². The molecule has 0 atom stereocenters. The smallest absolute Gasteiger partial charge is 0.0726 e. The molecule has 340 valence electrons. The van der Waals surface area contributed by atoms with Gasteiger partial charge in [-0.25, -0.2) is 0 Å². The minimum Gasteiger partial charge on any atom is -0.310 e. The maximum Gasteiger partial charge on any atom is 0.0726 e. The van der Waals surface area contributed by atoms with Crippen LogP contribution in [0.3, 0.4) is 0 Å². The second kappa shape index (κ2) is 16.5. The van der Waals surface area contributed by atoms with Crippen LogP contribution in [0.2, 0.25) is 0 Å². The van der Waals surface area contributed by atoms with Gasteiger partial charge in [-0.3, -0.25) is 0 Å². The van der Waals surface area contributed by atoms with Crippen LogP contribution < -0.4 is 4.90 Å². The second-order valence-corrected chi connectivity index (χ2v) is 17.0. The number of anilines is 3. The van der Waals surface area contributed by atoms with Gasteiger partial charge in [-0.15, -0.1) is 11.3 Å². The Hall–Kier alpha value is -9.08. The van der Waals surface area contributed by atoms with Crippen LogP contribution in [0.5, 0.6) is 0 Å². The lowest BCUT2D eigenvalue weighted by Crippen LogP contribution is -2.26. The Morgan fingerprint density at radius 2 is 0.849 bits per heavy atom. The Morgan fingerprint density at radius 1 is 0.301 bits per heavy atom. The van der Waals surface area contributed by atoms with E-state index >= 15 is 0 Å². The van der Waals surface area contributed by atoms with Gasteiger partial charge >= 0.3 is 0 Å². The van der Waals surface area contributed by atoms with Crippen LogP contribution in [0.15, 0.2) is 272 Å². The number of hydrogen-bond donors (Lipinski definition) is 0. The Labute approximate surface area is 492 Å². The van der Waals surface area contributed by atoms with Crippen molar-refractivity contribution >= 4 is 59.3 Å². The summed E-state index contributed by atoms with van der Waals surface area (Å²) >= 11 is 0.483. The van der Waals surface area contributed by atoms with Crippen LogP contribution >= 0.6 is 11.3 Å². The second-order valence-electron chi connectivity index (χ2n) is 16.0. The highest BCUT2D eigenvalue weighted by Gasteiger charge is 2.52. The topological polar surface area (TPSA) is 3.24 Å². The highest BCUT2D eigenvalue weighted by Crippen LogP contribution is 2.65. The van der Waals surface area contributed by atoms with Crippen molar-refractivity contribution in [2.24, 2.45) is 0 Å². The van der Waals surface area contributed by atoms with E-state index in [-0.39, 0.29) is 15.0 Å². The zero-order valence-electron chi connectivity index (χ0n) is 81.4. The molecular formula is C71H45NS. The lowest BCUT2D eigenvalue weighted by Gasteiger charge is -2.32. The van der Waals surface area contributed by atoms with Crippen molar-refractivity contribution in [3.63, 3.8) is 0 Å². The third-order valence-electron chi connectivity index (χ3n) is 12.3. The molecule has 0 N–H and O–H groups in total. The number of nitrogens with zero attached hydrogens (tertiary/aromatic N) is 1. The van der Waals surface area contributed by atoms with Gasteiger partial charge in [-0.05, 0) is 143 Å². The van der Waals surface area contributed by atoms with Crippen LogP contribution in [0.1, 0.15) is 83.9 Å². The molecule has 2 aliphatic carbocycles. The molecule has 0 unspecified atom stereocenters. The minimum absolute atomic E-state index is 0.152. The predicted octanol–water partition coefficient (Wildman–Crippen LogP) is 19.7. The molecule has 73 heavy (non-hydrogen) atoms. The third kappa shape index (κ3) is 6.34. The molecule has 2 heteroatoms.